The molecule has 3 aromatic rings. The number of alkyl halides is 3. The average molecular weight is 423 g/mol. The molecule has 1 aromatic heterocycles. The molecule has 0 radical (unpaired) electrons. The number of fused-ring (bicyclic) bond motifs is 3. The van der Waals surface area contributed by atoms with Gasteiger partial charge >= 0.3 is 6.18 Å². The monoisotopic (exact) mass is 423 g/mol. The first-order valence-corrected chi connectivity index (χ1v) is 9.09. The molecule has 30 heavy (non-hydrogen) atoms. The standard InChI is InChI=1S/C21H17F4NO4/c1-28-9-8-26-10-15-16(29-11-26)7-6-14-18(27)17(12-2-4-13(22)5-3-12)20(21(23,24)25)30-19(14)15/h2-7H,8-11H2,1H3. The second-order valence-electron chi connectivity index (χ2n) is 6.88. The average Bonchev–Trinajstić information content (AvgIpc) is 2.72. The second kappa shape index (κ2) is 7.73. The van der Waals surface area contributed by atoms with Crippen molar-refractivity contribution in [1.82, 2.24) is 4.90 Å². The number of ether oxygens (including phenoxy) is 2. The van der Waals surface area contributed by atoms with Crippen LogP contribution in [0.2, 0.25) is 0 Å². The van der Waals surface area contributed by atoms with Crippen LogP contribution in [0.1, 0.15) is 11.3 Å². The van der Waals surface area contributed by atoms with Gasteiger partial charge in [0, 0.05) is 20.2 Å². The summed E-state index contributed by atoms with van der Waals surface area (Å²) in [6.45, 7) is 1.39. The first-order chi connectivity index (χ1) is 14.3. The molecule has 2 aromatic carbocycles. The number of nitrogens with zero attached hydrogens (tertiary/aromatic N) is 1. The van der Waals surface area contributed by atoms with Crippen molar-refractivity contribution in [2.24, 2.45) is 0 Å². The molecule has 0 amide bonds. The lowest BCUT2D eigenvalue weighted by molar-refractivity contribution is -0.152. The number of rotatable bonds is 4. The Balaban J connectivity index is 1.94. The molecule has 0 saturated carbocycles. The zero-order valence-corrected chi connectivity index (χ0v) is 15.9. The number of hydrogen-bond donors (Lipinski definition) is 0. The van der Waals surface area contributed by atoms with E-state index in [0.717, 1.165) is 24.3 Å². The maximum Gasteiger partial charge on any atom is 0.450 e. The second-order valence-corrected chi connectivity index (χ2v) is 6.88. The fraction of sp³-hybridized carbons (Fsp3) is 0.286. The molecule has 0 bridgehead atoms. The Hall–Kier alpha value is -2.91. The molecule has 0 unspecified atom stereocenters. The highest BCUT2D eigenvalue weighted by molar-refractivity contribution is 5.87. The third-order valence-corrected chi connectivity index (χ3v) is 4.91. The number of hydrogen-bond acceptors (Lipinski definition) is 5. The van der Waals surface area contributed by atoms with E-state index in [1.165, 1.54) is 6.07 Å². The minimum absolute atomic E-state index is 0.00161. The minimum Gasteiger partial charge on any atom is -0.478 e. The smallest absolute Gasteiger partial charge is 0.450 e. The quantitative estimate of drug-likeness (QED) is 0.582. The van der Waals surface area contributed by atoms with E-state index in [0.29, 0.717) is 24.5 Å². The van der Waals surface area contributed by atoms with E-state index in [4.69, 9.17) is 13.9 Å². The predicted octanol–water partition coefficient (Wildman–Crippen LogP) is 4.42. The molecule has 158 valence electrons. The molecule has 0 aliphatic carbocycles. The molecule has 2 heterocycles. The third kappa shape index (κ3) is 3.66. The number of halogens is 4. The van der Waals surface area contributed by atoms with Crippen molar-refractivity contribution >= 4 is 11.0 Å². The summed E-state index contributed by atoms with van der Waals surface area (Å²) >= 11 is 0. The van der Waals surface area contributed by atoms with Crippen LogP contribution >= 0.6 is 0 Å². The molecule has 4 rings (SSSR count). The van der Waals surface area contributed by atoms with Gasteiger partial charge in [-0.1, -0.05) is 12.1 Å². The first kappa shape index (κ1) is 20.4. The maximum absolute atomic E-state index is 13.8. The maximum atomic E-state index is 13.8. The topological polar surface area (TPSA) is 51.9 Å². The van der Waals surface area contributed by atoms with Gasteiger partial charge in [-0.25, -0.2) is 4.39 Å². The first-order valence-electron chi connectivity index (χ1n) is 9.09. The summed E-state index contributed by atoms with van der Waals surface area (Å²) in [4.78, 5) is 14.9. The van der Waals surface area contributed by atoms with E-state index in [2.05, 4.69) is 0 Å². The van der Waals surface area contributed by atoms with Crippen LogP contribution in [0.15, 0.2) is 45.6 Å². The summed E-state index contributed by atoms with van der Waals surface area (Å²) in [7, 11) is 1.54. The van der Waals surface area contributed by atoms with Gasteiger partial charge in [0.25, 0.3) is 0 Å². The van der Waals surface area contributed by atoms with Gasteiger partial charge in [0.15, 0.2) is 0 Å². The lowest BCUT2D eigenvalue weighted by Crippen LogP contribution is -2.34. The largest absolute Gasteiger partial charge is 0.478 e. The Morgan fingerprint density at radius 1 is 1.13 bits per heavy atom. The number of methoxy groups -OCH3 is 1. The molecular weight excluding hydrogens is 406 g/mol. The van der Waals surface area contributed by atoms with Gasteiger partial charge < -0.3 is 13.9 Å². The summed E-state index contributed by atoms with van der Waals surface area (Å²) in [5.74, 6) is -1.68. The van der Waals surface area contributed by atoms with E-state index < -0.39 is 28.7 Å². The minimum atomic E-state index is -4.93. The normalized spacial score (nSPS) is 14.6. The van der Waals surface area contributed by atoms with Crippen LogP contribution in [-0.2, 0) is 17.5 Å². The van der Waals surface area contributed by atoms with Crippen LogP contribution in [-0.4, -0.2) is 31.9 Å². The van der Waals surface area contributed by atoms with Crippen LogP contribution in [0.25, 0.3) is 22.1 Å². The van der Waals surface area contributed by atoms with Gasteiger partial charge in [-0.2, -0.15) is 13.2 Å². The molecule has 9 heteroatoms. The summed E-state index contributed by atoms with van der Waals surface area (Å²) < 4.78 is 70.7. The van der Waals surface area contributed by atoms with Crippen LogP contribution < -0.4 is 10.2 Å². The van der Waals surface area contributed by atoms with Crippen molar-refractivity contribution in [3.05, 3.63) is 63.8 Å². The molecule has 0 atom stereocenters. The van der Waals surface area contributed by atoms with Crippen molar-refractivity contribution in [3.8, 4) is 16.9 Å². The highest BCUT2D eigenvalue weighted by Gasteiger charge is 2.40. The van der Waals surface area contributed by atoms with Crippen molar-refractivity contribution in [2.75, 3.05) is 27.0 Å². The highest BCUT2D eigenvalue weighted by Crippen LogP contribution is 2.40. The Kier molecular flexibility index (Phi) is 5.25. The zero-order valence-electron chi connectivity index (χ0n) is 15.9. The molecule has 0 fully saturated rings. The van der Waals surface area contributed by atoms with Gasteiger partial charge in [0.1, 0.15) is 23.9 Å². The molecule has 1 aliphatic heterocycles. The molecule has 0 N–H and O–H groups in total. The molecule has 5 nitrogen and oxygen atoms in total. The van der Waals surface area contributed by atoms with Gasteiger partial charge in [-0.15, -0.1) is 0 Å². The van der Waals surface area contributed by atoms with Crippen molar-refractivity contribution < 1.29 is 31.5 Å². The van der Waals surface area contributed by atoms with Crippen LogP contribution in [0, 0.1) is 5.82 Å². The molecular formula is C21H17F4NO4. The fourth-order valence-electron chi connectivity index (χ4n) is 3.45. The van der Waals surface area contributed by atoms with Gasteiger partial charge in [0.2, 0.25) is 11.2 Å². The van der Waals surface area contributed by atoms with E-state index in [1.54, 1.807) is 13.2 Å². The lowest BCUT2D eigenvalue weighted by atomic mass is 10.00. The van der Waals surface area contributed by atoms with E-state index in [1.807, 2.05) is 4.90 Å². The van der Waals surface area contributed by atoms with Gasteiger partial charge in [-0.05, 0) is 29.8 Å². The Labute approximate surface area is 168 Å². The SMILES string of the molecule is COCCN1COc2ccc3c(=O)c(-c4ccc(F)cc4)c(C(F)(F)F)oc3c2C1. The van der Waals surface area contributed by atoms with E-state index >= 15 is 0 Å². The van der Waals surface area contributed by atoms with Crippen LogP contribution in [0.5, 0.6) is 5.75 Å². The lowest BCUT2D eigenvalue weighted by Gasteiger charge is -2.29. The molecule has 0 saturated heterocycles. The van der Waals surface area contributed by atoms with Gasteiger partial charge in [0.05, 0.1) is 23.1 Å². The van der Waals surface area contributed by atoms with E-state index in [-0.39, 0.29) is 29.8 Å². The van der Waals surface area contributed by atoms with Crippen molar-refractivity contribution in [3.63, 3.8) is 0 Å². The van der Waals surface area contributed by atoms with Gasteiger partial charge in [-0.3, -0.25) is 9.69 Å². The zero-order chi connectivity index (χ0) is 21.5. The van der Waals surface area contributed by atoms with Crippen LogP contribution in [0.3, 0.4) is 0 Å². The Bertz CT molecular complexity index is 1140. The Morgan fingerprint density at radius 2 is 1.87 bits per heavy atom. The molecule has 0 spiro atoms. The summed E-state index contributed by atoms with van der Waals surface area (Å²) in [6.07, 6.45) is -4.93. The summed E-state index contributed by atoms with van der Waals surface area (Å²) in [5.41, 5.74) is -1.37. The fourth-order valence-corrected chi connectivity index (χ4v) is 3.45. The predicted molar refractivity (Wildman–Crippen MR) is 101 cm³/mol. The third-order valence-electron chi connectivity index (χ3n) is 4.91. The highest BCUT2D eigenvalue weighted by atomic mass is 19.4. The Morgan fingerprint density at radius 3 is 2.53 bits per heavy atom. The van der Waals surface area contributed by atoms with E-state index in [9.17, 15) is 22.4 Å². The summed E-state index contributed by atoms with van der Waals surface area (Å²) in [5, 5.41) is -0.00161. The summed E-state index contributed by atoms with van der Waals surface area (Å²) in [6, 6.07) is 7.16. The molecule has 1 aliphatic rings. The van der Waals surface area contributed by atoms with Crippen LogP contribution in [0.4, 0.5) is 17.6 Å². The number of benzene rings is 2. The van der Waals surface area contributed by atoms with Crippen molar-refractivity contribution in [2.45, 2.75) is 12.7 Å². The van der Waals surface area contributed by atoms with Crippen molar-refractivity contribution in [1.29, 1.82) is 0 Å².